The highest BCUT2D eigenvalue weighted by Gasteiger charge is 2.29. The van der Waals surface area contributed by atoms with Crippen LogP contribution in [0.1, 0.15) is 23.7 Å². The topological polar surface area (TPSA) is 75.3 Å². The fourth-order valence-electron chi connectivity index (χ4n) is 2.45. The minimum atomic E-state index is -0.523. The van der Waals surface area contributed by atoms with Gasteiger partial charge in [-0.3, -0.25) is 14.4 Å². The zero-order valence-corrected chi connectivity index (χ0v) is 14.9. The van der Waals surface area contributed by atoms with Crippen LogP contribution >= 0.6 is 23.4 Å². The summed E-state index contributed by atoms with van der Waals surface area (Å²) >= 11 is 7.26. The molecule has 5 nitrogen and oxygen atoms in total. The van der Waals surface area contributed by atoms with Gasteiger partial charge in [0.2, 0.25) is 11.8 Å². The first-order valence-corrected chi connectivity index (χ1v) is 8.86. The van der Waals surface area contributed by atoms with Gasteiger partial charge in [0.25, 0.3) is 0 Å². The summed E-state index contributed by atoms with van der Waals surface area (Å²) in [5.41, 5.74) is 1.72. The van der Waals surface area contributed by atoms with Crippen molar-refractivity contribution in [1.82, 2.24) is 0 Å². The molecule has 2 aromatic rings. The number of carbonyl (C=O) groups excluding carboxylic acids is 3. The summed E-state index contributed by atoms with van der Waals surface area (Å²) < 4.78 is 0. The Morgan fingerprint density at radius 3 is 2.80 bits per heavy atom. The second-order valence-electron chi connectivity index (χ2n) is 5.63. The summed E-state index contributed by atoms with van der Waals surface area (Å²) in [5.74, 6) is -0.591. The van der Waals surface area contributed by atoms with Crippen molar-refractivity contribution in [3.63, 3.8) is 0 Å². The minimum Gasteiger partial charge on any atom is -0.326 e. The van der Waals surface area contributed by atoms with Gasteiger partial charge in [0.05, 0.1) is 10.9 Å². The number of hydrogen-bond acceptors (Lipinski definition) is 4. The normalized spacial score (nSPS) is 15.9. The van der Waals surface area contributed by atoms with E-state index in [1.807, 2.05) is 6.07 Å². The first-order valence-electron chi connectivity index (χ1n) is 7.60. The molecule has 0 bridgehead atoms. The van der Waals surface area contributed by atoms with Crippen molar-refractivity contribution < 1.29 is 14.4 Å². The van der Waals surface area contributed by atoms with Crippen molar-refractivity contribution >= 4 is 52.3 Å². The second-order valence-corrected chi connectivity index (χ2v) is 7.31. The summed E-state index contributed by atoms with van der Waals surface area (Å²) in [6.45, 7) is 1.47. The minimum absolute atomic E-state index is 0.0306. The second kappa shape index (κ2) is 7.29. The fraction of sp³-hybridized carbons (Fsp3) is 0.167. The standard InChI is InChI=1S/C18H15ClN2O3S/c1-10(22)11-3-2-4-13(7-11)20-17(23)9-16-18(24)21-14-8-12(19)5-6-15(14)25-16/h2-8,16H,9H2,1H3,(H,20,23)(H,21,24). The molecule has 1 unspecified atom stereocenters. The molecule has 2 amide bonds. The molecule has 128 valence electrons. The molecule has 1 atom stereocenters. The van der Waals surface area contributed by atoms with E-state index in [-0.39, 0.29) is 24.0 Å². The van der Waals surface area contributed by atoms with Crippen molar-refractivity contribution in [2.24, 2.45) is 0 Å². The molecule has 1 heterocycles. The van der Waals surface area contributed by atoms with Crippen LogP contribution in [0.15, 0.2) is 47.4 Å². The number of nitrogens with one attached hydrogen (secondary N) is 2. The van der Waals surface area contributed by atoms with Crippen LogP contribution in [0.2, 0.25) is 5.02 Å². The molecule has 0 aliphatic carbocycles. The molecule has 7 heteroatoms. The van der Waals surface area contributed by atoms with E-state index in [1.54, 1.807) is 36.4 Å². The molecule has 1 aliphatic rings. The van der Waals surface area contributed by atoms with Crippen molar-refractivity contribution in [2.75, 3.05) is 10.6 Å². The predicted octanol–water partition coefficient (Wildman–Crippen LogP) is 3.98. The largest absolute Gasteiger partial charge is 0.326 e. The molecule has 0 radical (unpaired) electrons. The maximum atomic E-state index is 12.3. The lowest BCUT2D eigenvalue weighted by atomic mass is 10.1. The molecule has 0 saturated carbocycles. The van der Waals surface area contributed by atoms with Crippen molar-refractivity contribution in [3.05, 3.63) is 53.1 Å². The molecule has 1 aliphatic heterocycles. The lowest BCUT2D eigenvalue weighted by Crippen LogP contribution is -2.32. The highest BCUT2D eigenvalue weighted by Crippen LogP contribution is 2.38. The first-order chi connectivity index (χ1) is 11.9. The number of hydrogen-bond donors (Lipinski definition) is 2. The molecule has 2 N–H and O–H groups in total. The summed E-state index contributed by atoms with van der Waals surface area (Å²) in [6.07, 6.45) is 0.0306. The average molecular weight is 375 g/mol. The Kier molecular flexibility index (Phi) is 5.11. The number of fused-ring (bicyclic) bond motifs is 1. The third kappa shape index (κ3) is 4.21. The SMILES string of the molecule is CC(=O)c1cccc(NC(=O)CC2Sc3ccc(Cl)cc3NC2=O)c1. The monoisotopic (exact) mass is 374 g/mol. The number of rotatable bonds is 4. The number of thioether (sulfide) groups is 1. The molecule has 0 fully saturated rings. The van der Waals surface area contributed by atoms with Crippen molar-refractivity contribution in [2.45, 2.75) is 23.5 Å². The molecule has 3 rings (SSSR count). The number of halogens is 1. The maximum absolute atomic E-state index is 12.3. The molecule has 0 aromatic heterocycles. The third-order valence-corrected chi connectivity index (χ3v) is 5.20. The number of ketones is 1. The number of anilines is 2. The molecule has 0 spiro atoms. The van der Waals surface area contributed by atoms with Crippen LogP contribution in [0.3, 0.4) is 0 Å². The Labute approximate surface area is 154 Å². The van der Waals surface area contributed by atoms with E-state index in [0.717, 1.165) is 4.90 Å². The van der Waals surface area contributed by atoms with Crippen LogP contribution in [-0.2, 0) is 9.59 Å². The molecular weight excluding hydrogens is 360 g/mol. The van der Waals surface area contributed by atoms with Gasteiger partial charge >= 0.3 is 0 Å². The number of amides is 2. The van der Waals surface area contributed by atoms with E-state index in [2.05, 4.69) is 10.6 Å². The number of Topliss-reactive ketones (excluding diaryl/α,β-unsaturated/α-hetero) is 1. The molecular formula is C18H15ClN2O3S. The van der Waals surface area contributed by atoms with Crippen LogP contribution < -0.4 is 10.6 Å². The fourth-order valence-corrected chi connectivity index (χ4v) is 3.72. The van der Waals surface area contributed by atoms with Gasteiger partial charge in [-0.1, -0.05) is 23.7 Å². The Balaban J connectivity index is 1.67. The van der Waals surface area contributed by atoms with Crippen LogP contribution in [0, 0.1) is 0 Å². The maximum Gasteiger partial charge on any atom is 0.238 e. The lowest BCUT2D eigenvalue weighted by molar-refractivity contribution is -0.120. The Hall–Kier alpha value is -2.31. The summed E-state index contributed by atoms with van der Waals surface area (Å²) in [4.78, 5) is 36.7. The first kappa shape index (κ1) is 17.5. The van der Waals surface area contributed by atoms with Crippen LogP contribution in [0.4, 0.5) is 11.4 Å². The number of benzene rings is 2. The van der Waals surface area contributed by atoms with Gasteiger partial charge in [0.15, 0.2) is 5.78 Å². The average Bonchev–Trinajstić information content (AvgIpc) is 2.56. The smallest absolute Gasteiger partial charge is 0.238 e. The summed E-state index contributed by atoms with van der Waals surface area (Å²) in [7, 11) is 0. The Morgan fingerprint density at radius 2 is 2.04 bits per heavy atom. The van der Waals surface area contributed by atoms with E-state index in [9.17, 15) is 14.4 Å². The van der Waals surface area contributed by atoms with Crippen LogP contribution in [0.25, 0.3) is 0 Å². The third-order valence-electron chi connectivity index (χ3n) is 3.68. The summed E-state index contributed by atoms with van der Waals surface area (Å²) in [5, 5.41) is 5.53. The van der Waals surface area contributed by atoms with E-state index < -0.39 is 5.25 Å². The predicted molar refractivity (Wildman–Crippen MR) is 99.4 cm³/mol. The summed E-state index contributed by atoms with van der Waals surface area (Å²) in [6, 6.07) is 12.0. The van der Waals surface area contributed by atoms with Crippen molar-refractivity contribution in [3.8, 4) is 0 Å². The van der Waals surface area contributed by atoms with Gasteiger partial charge in [0, 0.05) is 27.6 Å². The van der Waals surface area contributed by atoms with Gasteiger partial charge in [-0.2, -0.15) is 0 Å². The Bertz CT molecular complexity index is 869. The highest BCUT2D eigenvalue weighted by molar-refractivity contribution is 8.01. The van der Waals surface area contributed by atoms with Crippen LogP contribution in [-0.4, -0.2) is 22.8 Å². The van der Waals surface area contributed by atoms with Gasteiger partial charge in [-0.25, -0.2) is 0 Å². The van der Waals surface area contributed by atoms with Gasteiger partial charge in [-0.15, -0.1) is 11.8 Å². The van der Waals surface area contributed by atoms with E-state index in [4.69, 9.17) is 11.6 Å². The lowest BCUT2D eigenvalue weighted by Gasteiger charge is -2.23. The van der Waals surface area contributed by atoms with Gasteiger partial charge in [0.1, 0.15) is 0 Å². The number of carbonyl (C=O) groups is 3. The zero-order chi connectivity index (χ0) is 18.0. The quantitative estimate of drug-likeness (QED) is 0.793. The molecule has 2 aromatic carbocycles. The molecule has 0 saturated heterocycles. The van der Waals surface area contributed by atoms with Crippen LogP contribution in [0.5, 0.6) is 0 Å². The molecule has 25 heavy (non-hydrogen) atoms. The zero-order valence-electron chi connectivity index (χ0n) is 13.3. The van der Waals surface area contributed by atoms with E-state index >= 15 is 0 Å². The van der Waals surface area contributed by atoms with E-state index in [0.29, 0.717) is 22.0 Å². The van der Waals surface area contributed by atoms with E-state index in [1.165, 1.54) is 18.7 Å². The highest BCUT2D eigenvalue weighted by atomic mass is 35.5. The van der Waals surface area contributed by atoms with Crippen molar-refractivity contribution in [1.29, 1.82) is 0 Å². The van der Waals surface area contributed by atoms with Gasteiger partial charge < -0.3 is 10.6 Å². The van der Waals surface area contributed by atoms with Gasteiger partial charge in [-0.05, 0) is 37.3 Å². The Morgan fingerprint density at radius 1 is 1.24 bits per heavy atom.